The van der Waals surface area contributed by atoms with Crippen LogP contribution < -0.4 is 15.8 Å². The Balaban J connectivity index is 1.80. The Morgan fingerprint density at radius 2 is 1.95 bits per heavy atom. The Bertz CT molecular complexity index is 597. The van der Waals surface area contributed by atoms with Crippen LogP contribution in [0.5, 0.6) is 5.75 Å². The lowest BCUT2D eigenvalue weighted by Crippen LogP contribution is -2.11. The third kappa shape index (κ3) is 4.53. The maximum Gasteiger partial charge on any atom is 0.224 e. The molecule has 1 amide bonds. The van der Waals surface area contributed by atoms with Gasteiger partial charge < -0.3 is 15.8 Å². The lowest BCUT2D eigenvalue weighted by molar-refractivity contribution is -0.116. The molecule has 4 heteroatoms. The maximum atomic E-state index is 11.9. The van der Waals surface area contributed by atoms with Gasteiger partial charge in [-0.1, -0.05) is 30.3 Å². The molecule has 0 atom stereocenters. The molecule has 0 aliphatic rings. The quantitative estimate of drug-likeness (QED) is 0.800. The number of hydrogen-bond donors (Lipinski definition) is 2. The summed E-state index contributed by atoms with van der Waals surface area (Å²) in [6, 6.07) is 15.4. The van der Waals surface area contributed by atoms with Gasteiger partial charge in [0.1, 0.15) is 5.75 Å². The Labute approximate surface area is 124 Å². The van der Waals surface area contributed by atoms with Crippen LogP contribution in [0.25, 0.3) is 0 Å². The number of rotatable bonds is 6. The van der Waals surface area contributed by atoms with Crippen molar-refractivity contribution in [2.75, 3.05) is 18.2 Å². The van der Waals surface area contributed by atoms with E-state index in [0.717, 1.165) is 12.8 Å². The summed E-state index contributed by atoms with van der Waals surface area (Å²) in [6.45, 7) is 0. The van der Waals surface area contributed by atoms with Gasteiger partial charge in [-0.2, -0.15) is 0 Å². The summed E-state index contributed by atoms with van der Waals surface area (Å²) < 4.78 is 5.08. The van der Waals surface area contributed by atoms with E-state index in [9.17, 15) is 4.79 Å². The molecule has 0 saturated carbocycles. The number of nitrogen functional groups attached to an aromatic ring is 1. The van der Waals surface area contributed by atoms with Crippen molar-refractivity contribution in [2.24, 2.45) is 0 Å². The van der Waals surface area contributed by atoms with Gasteiger partial charge in [0.05, 0.1) is 12.8 Å². The fourth-order valence-corrected chi connectivity index (χ4v) is 2.13. The average Bonchev–Trinajstić information content (AvgIpc) is 2.48. The molecule has 0 aliphatic carbocycles. The van der Waals surface area contributed by atoms with Gasteiger partial charge in [0, 0.05) is 12.1 Å². The smallest absolute Gasteiger partial charge is 0.224 e. The highest BCUT2D eigenvalue weighted by atomic mass is 16.5. The lowest BCUT2D eigenvalue weighted by atomic mass is 10.1. The van der Waals surface area contributed by atoms with E-state index < -0.39 is 0 Å². The first-order valence-corrected chi connectivity index (χ1v) is 6.96. The molecule has 0 radical (unpaired) electrons. The Morgan fingerprint density at radius 1 is 1.19 bits per heavy atom. The molecule has 2 aromatic rings. The number of carbonyl (C=O) groups excluding carboxylic acids is 1. The highest BCUT2D eigenvalue weighted by Crippen LogP contribution is 2.24. The van der Waals surface area contributed by atoms with E-state index in [0.29, 0.717) is 23.5 Å². The Hall–Kier alpha value is -2.49. The number of hydrogen-bond acceptors (Lipinski definition) is 3. The second kappa shape index (κ2) is 7.33. The summed E-state index contributed by atoms with van der Waals surface area (Å²) in [5.41, 5.74) is 8.26. The monoisotopic (exact) mass is 284 g/mol. The van der Waals surface area contributed by atoms with Crippen LogP contribution in [-0.2, 0) is 11.2 Å². The number of ether oxygens (including phenoxy) is 1. The minimum atomic E-state index is -0.00417. The number of nitrogens with one attached hydrogen (secondary N) is 1. The zero-order valence-electron chi connectivity index (χ0n) is 12.1. The number of amides is 1. The molecule has 0 unspecified atom stereocenters. The average molecular weight is 284 g/mol. The van der Waals surface area contributed by atoms with E-state index in [-0.39, 0.29) is 5.91 Å². The van der Waals surface area contributed by atoms with Gasteiger partial charge in [0.15, 0.2) is 0 Å². The normalized spacial score (nSPS) is 10.1. The van der Waals surface area contributed by atoms with Crippen molar-refractivity contribution < 1.29 is 9.53 Å². The molecular formula is C17H20N2O2. The van der Waals surface area contributed by atoms with Crippen molar-refractivity contribution in [2.45, 2.75) is 19.3 Å². The van der Waals surface area contributed by atoms with E-state index in [2.05, 4.69) is 17.4 Å². The number of anilines is 2. The molecule has 0 aliphatic heterocycles. The van der Waals surface area contributed by atoms with E-state index in [1.165, 1.54) is 5.56 Å². The second-order valence-corrected chi connectivity index (χ2v) is 4.84. The molecule has 2 rings (SSSR count). The van der Waals surface area contributed by atoms with Crippen LogP contribution in [0.4, 0.5) is 11.4 Å². The van der Waals surface area contributed by atoms with Crippen molar-refractivity contribution in [1.29, 1.82) is 0 Å². The van der Waals surface area contributed by atoms with Crippen LogP contribution in [0.15, 0.2) is 48.5 Å². The highest BCUT2D eigenvalue weighted by molar-refractivity contribution is 5.91. The predicted molar refractivity (Wildman–Crippen MR) is 85.4 cm³/mol. The molecule has 0 bridgehead atoms. The van der Waals surface area contributed by atoms with Crippen molar-refractivity contribution in [3.05, 3.63) is 54.1 Å². The van der Waals surface area contributed by atoms with E-state index in [4.69, 9.17) is 10.5 Å². The van der Waals surface area contributed by atoms with Crippen molar-refractivity contribution in [1.82, 2.24) is 0 Å². The van der Waals surface area contributed by atoms with Gasteiger partial charge in [0.25, 0.3) is 0 Å². The standard InChI is InChI=1S/C17H20N2O2/c1-21-16-11-10-14(12-15(16)18)19-17(20)9-5-8-13-6-3-2-4-7-13/h2-4,6-7,10-12H,5,8-9,18H2,1H3,(H,19,20). The van der Waals surface area contributed by atoms with Crippen LogP contribution in [0.3, 0.4) is 0 Å². The first kappa shape index (κ1) is 14.9. The van der Waals surface area contributed by atoms with Gasteiger partial charge in [-0.15, -0.1) is 0 Å². The van der Waals surface area contributed by atoms with Gasteiger partial charge in [0.2, 0.25) is 5.91 Å². The first-order chi connectivity index (χ1) is 10.2. The molecule has 4 nitrogen and oxygen atoms in total. The third-order valence-electron chi connectivity index (χ3n) is 3.23. The number of aryl methyl sites for hydroxylation is 1. The minimum Gasteiger partial charge on any atom is -0.495 e. The van der Waals surface area contributed by atoms with Crippen LogP contribution in [0.1, 0.15) is 18.4 Å². The van der Waals surface area contributed by atoms with E-state index in [1.54, 1.807) is 25.3 Å². The molecular weight excluding hydrogens is 264 g/mol. The summed E-state index contributed by atoms with van der Waals surface area (Å²) in [6.07, 6.45) is 2.21. The Kier molecular flexibility index (Phi) is 5.21. The van der Waals surface area contributed by atoms with Crippen LogP contribution in [0.2, 0.25) is 0 Å². The number of nitrogens with two attached hydrogens (primary N) is 1. The zero-order chi connectivity index (χ0) is 15.1. The molecule has 2 aromatic carbocycles. The molecule has 0 fully saturated rings. The summed E-state index contributed by atoms with van der Waals surface area (Å²) in [5, 5.41) is 2.85. The molecule has 3 N–H and O–H groups in total. The molecule has 0 saturated heterocycles. The third-order valence-corrected chi connectivity index (χ3v) is 3.23. The number of benzene rings is 2. The SMILES string of the molecule is COc1ccc(NC(=O)CCCc2ccccc2)cc1N. The predicted octanol–water partition coefficient (Wildman–Crippen LogP) is 3.24. The summed E-state index contributed by atoms with van der Waals surface area (Å²) in [7, 11) is 1.56. The largest absolute Gasteiger partial charge is 0.495 e. The van der Waals surface area contributed by atoms with Crippen molar-refractivity contribution in [3.63, 3.8) is 0 Å². The van der Waals surface area contributed by atoms with Crippen LogP contribution in [0, 0.1) is 0 Å². The van der Waals surface area contributed by atoms with Crippen LogP contribution >= 0.6 is 0 Å². The highest BCUT2D eigenvalue weighted by Gasteiger charge is 2.05. The van der Waals surface area contributed by atoms with Gasteiger partial charge in [-0.05, 0) is 36.6 Å². The fraction of sp³-hybridized carbons (Fsp3) is 0.235. The molecule has 110 valence electrons. The first-order valence-electron chi connectivity index (χ1n) is 6.96. The maximum absolute atomic E-state index is 11.9. The molecule has 21 heavy (non-hydrogen) atoms. The Morgan fingerprint density at radius 3 is 2.62 bits per heavy atom. The summed E-state index contributed by atoms with van der Waals surface area (Å²) in [4.78, 5) is 11.9. The number of methoxy groups -OCH3 is 1. The van der Waals surface area contributed by atoms with Gasteiger partial charge in [-0.3, -0.25) is 4.79 Å². The summed E-state index contributed by atoms with van der Waals surface area (Å²) in [5.74, 6) is 0.604. The molecule has 0 heterocycles. The van der Waals surface area contributed by atoms with E-state index >= 15 is 0 Å². The van der Waals surface area contributed by atoms with Gasteiger partial charge >= 0.3 is 0 Å². The molecule has 0 spiro atoms. The topological polar surface area (TPSA) is 64.3 Å². The number of carbonyl (C=O) groups is 1. The lowest BCUT2D eigenvalue weighted by Gasteiger charge is -2.09. The second-order valence-electron chi connectivity index (χ2n) is 4.84. The van der Waals surface area contributed by atoms with E-state index in [1.807, 2.05) is 18.2 Å². The summed E-state index contributed by atoms with van der Waals surface area (Å²) >= 11 is 0. The van der Waals surface area contributed by atoms with Gasteiger partial charge in [-0.25, -0.2) is 0 Å². The fourth-order valence-electron chi connectivity index (χ4n) is 2.13. The zero-order valence-corrected chi connectivity index (χ0v) is 12.1. The van der Waals surface area contributed by atoms with Crippen molar-refractivity contribution in [3.8, 4) is 5.75 Å². The van der Waals surface area contributed by atoms with Crippen LogP contribution in [-0.4, -0.2) is 13.0 Å². The molecule has 0 aromatic heterocycles. The minimum absolute atomic E-state index is 0.00417. The van der Waals surface area contributed by atoms with Crippen molar-refractivity contribution >= 4 is 17.3 Å².